The molecule has 1 N–H and O–H groups in total. The molecule has 4 heteroatoms. The highest BCUT2D eigenvalue weighted by atomic mass is 15.1. The van der Waals surface area contributed by atoms with E-state index in [-0.39, 0.29) is 0 Å². The van der Waals surface area contributed by atoms with E-state index in [9.17, 15) is 0 Å². The number of hydrogen-bond acceptors (Lipinski definition) is 4. The molecular formula is C12H22N4. The van der Waals surface area contributed by atoms with Crippen molar-refractivity contribution < 1.29 is 0 Å². The first-order chi connectivity index (χ1) is 7.86. The molecular weight excluding hydrogens is 200 g/mol. The van der Waals surface area contributed by atoms with Crippen LogP contribution in [0.5, 0.6) is 0 Å². The van der Waals surface area contributed by atoms with Gasteiger partial charge in [-0.1, -0.05) is 13.8 Å². The van der Waals surface area contributed by atoms with E-state index in [0.29, 0.717) is 0 Å². The van der Waals surface area contributed by atoms with E-state index in [1.54, 1.807) is 12.4 Å². The summed E-state index contributed by atoms with van der Waals surface area (Å²) in [6, 6.07) is 1.84. The van der Waals surface area contributed by atoms with Crippen molar-refractivity contribution in [1.29, 1.82) is 0 Å². The van der Waals surface area contributed by atoms with Crippen LogP contribution in [-0.4, -0.2) is 41.0 Å². The Balaban J connectivity index is 2.11. The van der Waals surface area contributed by atoms with Crippen molar-refractivity contribution in [1.82, 2.24) is 20.2 Å². The van der Waals surface area contributed by atoms with Gasteiger partial charge in [0.15, 0.2) is 0 Å². The van der Waals surface area contributed by atoms with Crippen molar-refractivity contribution in [2.45, 2.75) is 26.8 Å². The highest BCUT2D eigenvalue weighted by Crippen LogP contribution is 1.90. The fourth-order valence-corrected chi connectivity index (χ4v) is 1.60. The first-order valence-corrected chi connectivity index (χ1v) is 6.05. The van der Waals surface area contributed by atoms with E-state index in [0.717, 1.165) is 32.0 Å². The molecule has 0 atom stereocenters. The predicted molar refractivity (Wildman–Crippen MR) is 66.1 cm³/mol. The van der Waals surface area contributed by atoms with Gasteiger partial charge in [0.05, 0.1) is 6.54 Å². The molecule has 0 amide bonds. The minimum atomic E-state index is 0.754. The lowest BCUT2D eigenvalue weighted by atomic mass is 10.4. The summed E-state index contributed by atoms with van der Waals surface area (Å²) in [4.78, 5) is 10.8. The molecule has 1 aromatic heterocycles. The van der Waals surface area contributed by atoms with E-state index in [1.807, 2.05) is 6.07 Å². The van der Waals surface area contributed by atoms with Gasteiger partial charge in [-0.15, -0.1) is 0 Å². The molecule has 1 aromatic rings. The van der Waals surface area contributed by atoms with Crippen LogP contribution in [0.15, 0.2) is 18.5 Å². The molecule has 1 rings (SSSR count). The first-order valence-electron chi connectivity index (χ1n) is 6.05. The smallest absolute Gasteiger partial charge is 0.141 e. The Kier molecular flexibility index (Phi) is 6.69. The Morgan fingerprint density at radius 3 is 2.56 bits per heavy atom. The van der Waals surface area contributed by atoms with Crippen LogP contribution < -0.4 is 5.32 Å². The van der Waals surface area contributed by atoms with Gasteiger partial charge in [-0.3, -0.25) is 0 Å². The Labute approximate surface area is 98.1 Å². The molecule has 16 heavy (non-hydrogen) atoms. The van der Waals surface area contributed by atoms with Gasteiger partial charge in [0.1, 0.15) is 5.82 Å². The van der Waals surface area contributed by atoms with Crippen molar-refractivity contribution >= 4 is 0 Å². The zero-order valence-corrected chi connectivity index (χ0v) is 10.3. The fourth-order valence-electron chi connectivity index (χ4n) is 1.60. The second-order valence-corrected chi connectivity index (χ2v) is 3.78. The number of aromatic nitrogens is 2. The van der Waals surface area contributed by atoms with Gasteiger partial charge in [-0.2, -0.15) is 0 Å². The van der Waals surface area contributed by atoms with Crippen molar-refractivity contribution in [3.63, 3.8) is 0 Å². The number of nitrogens with one attached hydrogen (secondary N) is 1. The number of likely N-dealkylation sites (N-methyl/N-ethyl adjacent to an activating group) is 1. The third-order valence-electron chi connectivity index (χ3n) is 2.49. The maximum Gasteiger partial charge on any atom is 0.141 e. The first kappa shape index (κ1) is 13.1. The molecule has 0 aliphatic carbocycles. The molecule has 0 bridgehead atoms. The third kappa shape index (κ3) is 5.19. The molecule has 0 radical (unpaired) electrons. The van der Waals surface area contributed by atoms with E-state index < -0.39 is 0 Å². The van der Waals surface area contributed by atoms with Gasteiger partial charge >= 0.3 is 0 Å². The minimum Gasteiger partial charge on any atom is -0.309 e. The van der Waals surface area contributed by atoms with Crippen LogP contribution in [-0.2, 0) is 6.54 Å². The second-order valence-electron chi connectivity index (χ2n) is 3.78. The minimum absolute atomic E-state index is 0.754. The van der Waals surface area contributed by atoms with Crippen LogP contribution in [0.1, 0.15) is 26.1 Å². The summed E-state index contributed by atoms with van der Waals surface area (Å²) in [5, 5.41) is 3.36. The van der Waals surface area contributed by atoms with Gasteiger partial charge in [-0.25, -0.2) is 9.97 Å². The molecule has 0 fully saturated rings. The second kappa shape index (κ2) is 8.19. The van der Waals surface area contributed by atoms with Gasteiger partial charge in [0.25, 0.3) is 0 Å². The highest BCUT2D eigenvalue weighted by molar-refractivity contribution is 4.87. The standard InChI is InChI=1S/C12H22N4/c1-3-9-16(4-2)10-8-13-11-12-14-6-5-7-15-12/h5-7,13H,3-4,8-11H2,1-2H3. The molecule has 0 saturated heterocycles. The summed E-state index contributed by atoms with van der Waals surface area (Å²) in [7, 11) is 0. The van der Waals surface area contributed by atoms with Crippen LogP contribution in [0.3, 0.4) is 0 Å². The number of rotatable bonds is 8. The van der Waals surface area contributed by atoms with Crippen molar-refractivity contribution in [3.8, 4) is 0 Å². The summed E-state index contributed by atoms with van der Waals surface area (Å²) < 4.78 is 0. The Bertz CT molecular complexity index is 263. The molecule has 0 aromatic carbocycles. The van der Waals surface area contributed by atoms with Crippen LogP contribution in [0, 0.1) is 0 Å². The highest BCUT2D eigenvalue weighted by Gasteiger charge is 2.00. The SMILES string of the molecule is CCCN(CC)CCNCc1ncccn1. The molecule has 0 aliphatic rings. The van der Waals surface area contributed by atoms with Gasteiger partial charge in [-0.05, 0) is 25.6 Å². The maximum absolute atomic E-state index is 4.16. The van der Waals surface area contributed by atoms with Crippen LogP contribution in [0.25, 0.3) is 0 Å². The number of nitrogens with zero attached hydrogens (tertiary/aromatic N) is 3. The van der Waals surface area contributed by atoms with Gasteiger partial charge in [0.2, 0.25) is 0 Å². The van der Waals surface area contributed by atoms with Crippen molar-refractivity contribution in [3.05, 3.63) is 24.3 Å². The zero-order valence-electron chi connectivity index (χ0n) is 10.3. The fraction of sp³-hybridized carbons (Fsp3) is 0.667. The summed E-state index contributed by atoms with van der Waals surface area (Å²) in [5.74, 6) is 0.862. The molecule has 4 nitrogen and oxygen atoms in total. The van der Waals surface area contributed by atoms with Crippen molar-refractivity contribution in [2.24, 2.45) is 0 Å². The Morgan fingerprint density at radius 1 is 1.19 bits per heavy atom. The Hall–Kier alpha value is -1.00. The van der Waals surface area contributed by atoms with Crippen LogP contribution in [0.2, 0.25) is 0 Å². The average Bonchev–Trinajstić information content (AvgIpc) is 2.34. The maximum atomic E-state index is 4.16. The molecule has 1 heterocycles. The lowest BCUT2D eigenvalue weighted by molar-refractivity contribution is 0.287. The van der Waals surface area contributed by atoms with Crippen molar-refractivity contribution in [2.75, 3.05) is 26.2 Å². The summed E-state index contributed by atoms with van der Waals surface area (Å²) in [6.07, 6.45) is 4.77. The third-order valence-corrected chi connectivity index (χ3v) is 2.49. The lowest BCUT2D eigenvalue weighted by Crippen LogP contribution is -2.32. The summed E-state index contributed by atoms with van der Waals surface area (Å²) in [6.45, 7) is 9.56. The normalized spacial score (nSPS) is 10.9. The zero-order chi connectivity index (χ0) is 11.6. The molecule has 0 saturated carbocycles. The summed E-state index contributed by atoms with van der Waals surface area (Å²) in [5.41, 5.74) is 0. The van der Waals surface area contributed by atoms with E-state index in [1.165, 1.54) is 13.0 Å². The summed E-state index contributed by atoms with van der Waals surface area (Å²) >= 11 is 0. The molecule has 0 aliphatic heterocycles. The quantitative estimate of drug-likeness (QED) is 0.673. The average molecular weight is 222 g/mol. The van der Waals surface area contributed by atoms with Gasteiger partial charge in [0, 0.05) is 25.5 Å². The number of hydrogen-bond donors (Lipinski definition) is 1. The largest absolute Gasteiger partial charge is 0.309 e. The Morgan fingerprint density at radius 2 is 1.94 bits per heavy atom. The van der Waals surface area contributed by atoms with E-state index in [4.69, 9.17) is 0 Å². The van der Waals surface area contributed by atoms with Crippen LogP contribution >= 0.6 is 0 Å². The van der Waals surface area contributed by atoms with Gasteiger partial charge < -0.3 is 10.2 Å². The van der Waals surface area contributed by atoms with Crippen LogP contribution in [0.4, 0.5) is 0 Å². The van der Waals surface area contributed by atoms with E-state index >= 15 is 0 Å². The lowest BCUT2D eigenvalue weighted by Gasteiger charge is -2.19. The van der Waals surface area contributed by atoms with E-state index in [2.05, 4.69) is 34.0 Å². The topological polar surface area (TPSA) is 41.0 Å². The molecule has 90 valence electrons. The predicted octanol–water partition coefficient (Wildman–Crippen LogP) is 1.30. The molecule has 0 unspecified atom stereocenters. The molecule has 0 spiro atoms. The monoisotopic (exact) mass is 222 g/mol.